The van der Waals surface area contributed by atoms with Crippen LogP contribution in [0.1, 0.15) is 45.4 Å². The van der Waals surface area contributed by atoms with Crippen molar-refractivity contribution >= 4 is 17.2 Å². The summed E-state index contributed by atoms with van der Waals surface area (Å²) in [7, 11) is 0.531. The normalized spacial score (nSPS) is 38.0. The van der Waals surface area contributed by atoms with E-state index in [-0.39, 0.29) is 0 Å². The summed E-state index contributed by atoms with van der Waals surface area (Å²) in [6, 6.07) is 3.17. The Morgan fingerprint density at radius 3 is 2.00 bits per heavy atom. The largest absolute Gasteiger partial charge is 0.452 e. The highest BCUT2D eigenvalue weighted by Gasteiger charge is 2.58. The van der Waals surface area contributed by atoms with E-state index in [1.807, 2.05) is 6.92 Å². The predicted molar refractivity (Wildman–Crippen MR) is 78.0 cm³/mol. The van der Waals surface area contributed by atoms with E-state index in [0.29, 0.717) is 10.9 Å². The molecule has 0 N–H and O–H groups in total. The summed E-state index contributed by atoms with van der Waals surface area (Å²) in [4.78, 5) is 0. The van der Waals surface area contributed by atoms with Crippen molar-refractivity contribution in [3.63, 3.8) is 0 Å². The van der Waals surface area contributed by atoms with Gasteiger partial charge in [-0.25, -0.2) is 0 Å². The first-order chi connectivity index (χ1) is 7.69. The average molecular weight is 238 g/mol. The van der Waals surface area contributed by atoms with Crippen LogP contribution in [0.25, 0.3) is 4.76 Å². The number of nitrogens with zero attached hydrogens (tertiary/aromatic N) is 1. The highest BCUT2D eigenvalue weighted by Crippen LogP contribution is 2.54. The minimum absolute atomic E-state index is 0.455. The molecule has 0 aromatic rings. The van der Waals surface area contributed by atoms with Crippen LogP contribution in [0, 0.1) is 6.07 Å². The molecule has 0 aromatic heterocycles. The molecular weight excluding hydrogens is 213 g/mol. The van der Waals surface area contributed by atoms with Crippen LogP contribution in [0.2, 0.25) is 11.6 Å². The molecule has 16 heavy (non-hydrogen) atoms. The summed E-state index contributed by atoms with van der Waals surface area (Å²) in [5, 5.41) is 0. The summed E-state index contributed by atoms with van der Waals surface area (Å²) in [5.41, 5.74) is 1.37. The van der Waals surface area contributed by atoms with Gasteiger partial charge in [0.2, 0.25) is 0 Å². The molecule has 2 aliphatic heterocycles. The first-order valence-corrected chi connectivity index (χ1v) is 9.01. The molecule has 0 amide bonds. The van der Waals surface area contributed by atoms with Crippen LogP contribution in [0.4, 0.5) is 0 Å². The van der Waals surface area contributed by atoms with Crippen LogP contribution >= 0.6 is 0 Å². The standard InChI is InChI=1S/C13H25BNS/c1-4-15-14(11-16(2)3)12-7-5-8-13(14)10-6-9-12/h12-13H,5-11H2,1-3H3/q+1. The Morgan fingerprint density at radius 2 is 1.62 bits per heavy atom. The average Bonchev–Trinajstić information content (AvgIpc) is 2.15. The lowest BCUT2D eigenvalue weighted by Gasteiger charge is -2.45. The maximum Gasteiger partial charge on any atom is 0.452 e. The van der Waals surface area contributed by atoms with Crippen molar-refractivity contribution in [2.75, 3.05) is 18.2 Å². The van der Waals surface area contributed by atoms with Gasteiger partial charge in [0, 0.05) is 0 Å². The first-order valence-electron chi connectivity index (χ1n) is 6.79. The fourth-order valence-corrected chi connectivity index (χ4v) is 6.09. The lowest BCUT2D eigenvalue weighted by Crippen LogP contribution is -2.52. The van der Waals surface area contributed by atoms with E-state index in [1.54, 1.807) is 0 Å². The Morgan fingerprint density at radius 1 is 1.12 bits per heavy atom. The van der Waals surface area contributed by atoms with Crippen molar-refractivity contribution in [2.45, 2.75) is 57.1 Å². The third-order valence-corrected chi connectivity index (χ3v) is 6.10. The Hall–Kier alpha value is -0.0951. The fourth-order valence-electron chi connectivity index (χ4n) is 4.41. The summed E-state index contributed by atoms with van der Waals surface area (Å²) in [6.45, 7) is 2.00. The number of hydrogen-bond acceptors (Lipinski definition) is 0. The van der Waals surface area contributed by atoms with E-state index >= 15 is 0 Å². The zero-order valence-corrected chi connectivity index (χ0v) is 11.9. The van der Waals surface area contributed by atoms with Crippen molar-refractivity contribution in [3.8, 4) is 6.07 Å². The first kappa shape index (κ1) is 12.4. The van der Waals surface area contributed by atoms with Crippen LogP contribution < -0.4 is 0 Å². The molecule has 2 rings (SSSR count). The van der Waals surface area contributed by atoms with Gasteiger partial charge in [0.05, 0.1) is 25.1 Å². The smallest absolute Gasteiger partial charge is 0.347 e. The summed E-state index contributed by atoms with van der Waals surface area (Å²) >= 11 is 0. The zero-order chi connectivity index (χ0) is 11.6. The van der Waals surface area contributed by atoms with Gasteiger partial charge < -0.3 is 4.76 Å². The molecule has 0 unspecified atom stereocenters. The molecule has 0 radical (unpaired) electrons. The third kappa shape index (κ3) is 2.14. The van der Waals surface area contributed by atoms with E-state index < -0.39 is 6.28 Å². The van der Waals surface area contributed by atoms with Gasteiger partial charge in [0.25, 0.3) is 0 Å². The summed E-state index contributed by atoms with van der Waals surface area (Å²) in [5.74, 6) is 1.85. The van der Waals surface area contributed by atoms with Gasteiger partial charge in [0.15, 0.2) is 6.07 Å². The van der Waals surface area contributed by atoms with Crippen LogP contribution in [-0.2, 0) is 10.9 Å². The SMILES string of the molecule is CC#[N+][B-]1(C[S+](C)C)C2CCCC1CCC2. The monoisotopic (exact) mass is 238 g/mol. The topological polar surface area (TPSA) is 4.36 Å². The van der Waals surface area contributed by atoms with Gasteiger partial charge in [-0.2, -0.15) is 0 Å². The van der Waals surface area contributed by atoms with E-state index in [4.69, 9.17) is 4.76 Å². The third-order valence-electron chi connectivity index (χ3n) is 4.90. The molecule has 0 atom stereocenters. The second kappa shape index (κ2) is 5.04. The van der Waals surface area contributed by atoms with Crippen molar-refractivity contribution in [3.05, 3.63) is 4.76 Å². The van der Waals surface area contributed by atoms with Gasteiger partial charge in [-0.05, 0) is 10.9 Å². The molecule has 2 bridgehead atoms. The molecule has 1 nitrogen and oxygen atoms in total. The van der Waals surface area contributed by atoms with Crippen LogP contribution in [0.15, 0.2) is 0 Å². The second-order valence-electron chi connectivity index (χ2n) is 6.03. The van der Waals surface area contributed by atoms with E-state index in [0.717, 1.165) is 11.6 Å². The Bertz CT molecular complexity index is 283. The van der Waals surface area contributed by atoms with E-state index in [9.17, 15) is 0 Å². The molecule has 0 aromatic carbocycles. The van der Waals surface area contributed by atoms with Crippen molar-refractivity contribution in [1.29, 1.82) is 0 Å². The number of rotatable bonds is 2. The molecule has 0 saturated carbocycles. The molecule has 2 aliphatic rings. The Balaban J connectivity index is 2.29. The summed E-state index contributed by atoms with van der Waals surface area (Å²) < 4.78 is 4.96. The number of fused-ring (bicyclic) bond motifs is 2. The fraction of sp³-hybridized carbons (Fsp3) is 0.923. The predicted octanol–water partition coefficient (Wildman–Crippen LogP) is 3.81. The maximum atomic E-state index is 4.96. The highest BCUT2D eigenvalue weighted by molar-refractivity contribution is 7.97. The second-order valence-corrected chi connectivity index (χ2v) is 8.34. The Kier molecular flexibility index (Phi) is 3.90. The molecule has 0 aliphatic carbocycles. The molecule has 3 heteroatoms. The minimum Gasteiger partial charge on any atom is -0.347 e. The van der Waals surface area contributed by atoms with Crippen LogP contribution in [-0.4, -0.2) is 24.4 Å². The molecule has 2 heterocycles. The van der Waals surface area contributed by atoms with Gasteiger partial charge in [0.1, 0.15) is 0 Å². The molecule has 90 valence electrons. The van der Waals surface area contributed by atoms with Gasteiger partial charge in [-0.1, -0.05) is 50.2 Å². The van der Waals surface area contributed by atoms with Crippen LogP contribution in [0.3, 0.4) is 0 Å². The minimum atomic E-state index is -0.455. The van der Waals surface area contributed by atoms with E-state index in [1.165, 1.54) is 44.2 Å². The molecule has 2 fully saturated rings. The zero-order valence-electron chi connectivity index (χ0n) is 11.0. The van der Waals surface area contributed by atoms with E-state index in [2.05, 4.69) is 18.6 Å². The molecular formula is C13H25BNS+. The maximum absolute atomic E-state index is 4.96. The summed E-state index contributed by atoms with van der Waals surface area (Å²) in [6.07, 6.45) is 13.0. The van der Waals surface area contributed by atoms with Gasteiger partial charge in [-0.3, -0.25) is 0 Å². The molecule has 2 saturated heterocycles. The van der Waals surface area contributed by atoms with Crippen LogP contribution in [0.5, 0.6) is 0 Å². The number of hydrogen-bond donors (Lipinski definition) is 0. The van der Waals surface area contributed by atoms with Crippen molar-refractivity contribution in [1.82, 2.24) is 0 Å². The van der Waals surface area contributed by atoms with Gasteiger partial charge >= 0.3 is 6.28 Å². The lowest BCUT2D eigenvalue weighted by molar-refractivity contribution is 0.435. The lowest BCUT2D eigenvalue weighted by atomic mass is 9.18. The van der Waals surface area contributed by atoms with Gasteiger partial charge in [-0.15, -0.1) is 0 Å². The van der Waals surface area contributed by atoms with Crippen molar-refractivity contribution in [2.24, 2.45) is 0 Å². The molecule has 0 spiro atoms. The Labute approximate surface area is 103 Å². The quantitative estimate of drug-likeness (QED) is 0.509. The van der Waals surface area contributed by atoms with Crippen molar-refractivity contribution < 1.29 is 0 Å². The highest BCUT2D eigenvalue weighted by atomic mass is 32.2.